The minimum absolute atomic E-state index is 0.849. The van der Waals surface area contributed by atoms with E-state index in [9.17, 15) is 0 Å². The highest BCUT2D eigenvalue weighted by Crippen LogP contribution is 2.14. The van der Waals surface area contributed by atoms with E-state index >= 15 is 0 Å². The molecule has 0 aromatic heterocycles. The number of rotatable bonds is 20. The molecule has 0 aromatic carbocycles. The van der Waals surface area contributed by atoms with Crippen LogP contribution in [0, 0.1) is 0 Å². The van der Waals surface area contributed by atoms with E-state index in [1.54, 1.807) is 6.26 Å². The molecule has 0 aromatic rings. The molecule has 0 bridgehead atoms. The summed E-state index contributed by atoms with van der Waals surface area (Å²) in [6.45, 7) is 6.70. The van der Waals surface area contributed by atoms with E-state index < -0.39 is 0 Å². The molecule has 0 atom stereocenters. The number of ether oxygens (including phenoxy) is 1. The van der Waals surface area contributed by atoms with Crippen molar-refractivity contribution in [1.82, 2.24) is 0 Å². The highest BCUT2D eigenvalue weighted by Gasteiger charge is 1.95. The van der Waals surface area contributed by atoms with Crippen LogP contribution in [-0.4, -0.2) is 6.61 Å². The first kappa shape index (κ1) is 22.5. The summed E-state index contributed by atoms with van der Waals surface area (Å²) in [7, 11) is 0. The van der Waals surface area contributed by atoms with Crippen LogP contribution in [0.3, 0.4) is 0 Å². The molecule has 0 fully saturated rings. The number of hydrogen-bond donors (Lipinski definition) is 0. The van der Waals surface area contributed by atoms with E-state index in [1.807, 2.05) is 0 Å². The molecule has 0 amide bonds. The molecule has 0 aliphatic heterocycles. The Morgan fingerprint density at radius 2 is 0.826 bits per heavy atom. The third-order valence-corrected chi connectivity index (χ3v) is 4.73. The maximum atomic E-state index is 5.13. The normalized spacial score (nSPS) is 10.8. The highest BCUT2D eigenvalue weighted by atomic mass is 16.5. The predicted octanol–water partition coefficient (Wildman–Crippen LogP) is 8.19. The second-order valence-electron chi connectivity index (χ2n) is 7.05. The minimum atomic E-state index is 0.849. The molecule has 0 N–H and O–H groups in total. The summed E-state index contributed by atoms with van der Waals surface area (Å²) < 4.78 is 5.13. The molecule has 0 heterocycles. The second-order valence-corrected chi connectivity index (χ2v) is 7.05. The first-order chi connectivity index (χ1) is 11.4. The smallest absolute Gasteiger partial charge is 0.0873 e. The third-order valence-electron chi connectivity index (χ3n) is 4.73. The van der Waals surface area contributed by atoms with Crippen molar-refractivity contribution in [3.05, 3.63) is 12.8 Å². The SMILES string of the molecule is C=COCCCCCCCCCCCCCCCCCCCC. The van der Waals surface area contributed by atoms with Crippen molar-refractivity contribution in [2.45, 2.75) is 122 Å². The minimum Gasteiger partial charge on any atom is -0.502 e. The summed E-state index contributed by atoms with van der Waals surface area (Å²) in [5.41, 5.74) is 0. The lowest BCUT2D eigenvalue weighted by molar-refractivity contribution is 0.241. The molecule has 0 saturated carbocycles. The lowest BCUT2D eigenvalue weighted by Gasteiger charge is -2.04. The zero-order valence-electron chi connectivity index (χ0n) is 16.1. The molecule has 1 nitrogen and oxygen atoms in total. The first-order valence-electron chi connectivity index (χ1n) is 10.6. The Kier molecular flexibility index (Phi) is 21.1. The van der Waals surface area contributed by atoms with Gasteiger partial charge < -0.3 is 4.74 Å². The number of unbranched alkanes of at least 4 members (excludes halogenated alkanes) is 17. The molecule has 0 rings (SSSR count). The van der Waals surface area contributed by atoms with Gasteiger partial charge in [0.05, 0.1) is 12.9 Å². The Morgan fingerprint density at radius 3 is 1.13 bits per heavy atom. The Bertz CT molecular complexity index is 212. The molecule has 0 aliphatic carbocycles. The van der Waals surface area contributed by atoms with Crippen molar-refractivity contribution in [2.75, 3.05) is 6.61 Å². The average molecular weight is 325 g/mol. The van der Waals surface area contributed by atoms with Crippen molar-refractivity contribution in [1.29, 1.82) is 0 Å². The number of hydrogen-bond acceptors (Lipinski definition) is 1. The molecule has 0 spiro atoms. The van der Waals surface area contributed by atoms with E-state index in [0.717, 1.165) is 6.61 Å². The largest absolute Gasteiger partial charge is 0.502 e. The fourth-order valence-electron chi connectivity index (χ4n) is 3.17. The van der Waals surface area contributed by atoms with Gasteiger partial charge in [-0.1, -0.05) is 123 Å². The summed E-state index contributed by atoms with van der Waals surface area (Å²) in [5, 5.41) is 0. The molecule has 1 heteroatoms. The van der Waals surface area contributed by atoms with E-state index in [2.05, 4.69) is 13.5 Å². The Hall–Kier alpha value is -0.460. The lowest BCUT2D eigenvalue weighted by atomic mass is 10.0. The van der Waals surface area contributed by atoms with Crippen LogP contribution in [0.2, 0.25) is 0 Å². The lowest BCUT2D eigenvalue weighted by Crippen LogP contribution is -1.87. The van der Waals surface area contributed by atoms with E-state index in [0.29, 0.717) is 0 Å². The summed E-state index contributed by atoms with van der Waals surface area (Å²) in [5.74, 6) is 0. The average Bonchev–Trinajstić information content (AvgIpc) is 2.57. The van der Waals surface area contributed by atoms with Gasteiger partial charge in [0.2, 0.25) is 0 Å². The fraction of sp³-hybridized carbons (Fsp3) is 0.909. The maximum Gasteiger partial charge on any atom is 0.0873 e. The van der Waals surface area contributed by atoms with Crippen LogP contribution in [0.5, 0.6) is 0 Å². The van der Waals surface area contributed by atoms with Crippen LogP contribution in [0.4, 0.5) is 0 Å². The van der Waals surface area contributed by atoms with Crippen LogP contribution >= 0.6 is 0 Å². The van der Waals surface area contributed by atoms with Crippen molar-refractivity contribution in [2.24, 2.45) is 0 Å². The van der Waals surface area contributed by atoms with Gasteiger partial charge in [-0.05, 0) is 6.42 Å². The zero-order valence-corrected chi connectivity index (χ0v) is 16.1. The van der Waals surface area contributed by atoms with Crippen LogP contribution in [0.25, 0.3) is 0 Å². The van der Waals surface area contributed by atoms with Crippen LogP contribution in [-0.2, 0) is 4.74 Å². The molecule has 0 aliphatic rings. The molecule has 0 saturated heterocycles. The molecule has 0 unspecified atom stereocenters. The monoisotopic (exact) mass is 324 g/mol. The molecule has 0 radical (unpaired) electrons. The first-order valence-corrected chi connectivity index (χ1v) is 10.6. The van der Waals surface area contributed by atoms with Gasteiger partial charge in [0.25, 0.3) is 0 Å². The molecule has 138 valence electrons. The molecule has 23 heavy (non-hydrogen) atoms. The van der Waals surface area contributed by atoms with Gasteiger partial charge in [-0.2, -0.15) is 0 Å². The molecular formula is C22H44O. The van der Waals surface area contributed by atoms with Gasteiger partial charge in [0.15, 0.2) is 0 Å². The summed E-state index contributed by atoms with van der Waals surface area (Å²) in [4.78, 5) is 0. The van der Waals surface area contributed by atoms with Gasteiger partial charge in [0, 0.05) is 0 Å². The quantitative estimate of drug-likeness (QED) is 0.162. The van der Waals surface area contributed by atoms with Crippen molar-refractivity contribution < 1.29 is 4.74 Å². The van der Waals surface area contributed by atoms with Crippen LogP contribution in [0.15, 0.2) is 12.8 Å². The fourth-order valence-corrected chi connectivity index (χ4v) is 3.17. The Morgan fingerprint density at radius 1 is 0.522 bits per heavy atom. The third kappa shape index (κ3) is 21.5. The van der Waals surface area contributed by atoms with Crippen LogP contribution in [0.1, 0.15) is 122 Å². The van der Waals surface area contributed by atoms with Crippen molar-refractivity contribution in [3.63, 3.8) is 0 Å². The Balaban J connectivity index is 2.93. The van der Waals surface area contributed by atoms with E-state index in [4.69, 9.17) is 4.74 Å². The zero-order chi connectivity index (χ0) is 16.8. The highest BCUT2D eigenvalue weighted by molar-refractivity contribution is 4.51. The van der Waals surface area contributed by atoms with Crippen molar-refractivity contribution >= 4 is 0 Å². The van der Waals surface area contributed by atoms with Gasteiger partial charge in [0.1, 0.15) is 0 Å². The molecular weight excluding hydrogens is 280 g/mol. The van der Waals surface area contributed by atoms with Gasteiger partial charge in [-0.25, -0.2) is 0 Å². The summed E-state index contributed by atoms with van der Waals surface area (Å²) in [6.07, 6.45) is 27.2. The van der Waals surface area contributed by atoms with Crippen molar-refractivity contribution in [3.8, 4) is 0 Å². The summed E-state index contributed by atoms with van der Waals surface area (Å²) in [6, 6.07) is 0. The summed E-state index contributed by atoms with van der Waals surface area (Å²) >= 11 is 0. The Labute approximate surface area is 147 Å². The topological polar surface area (TPSA) is 9.23 Å². The predicted molar refractivity (Wildman–Crippen MR) is 105 cm³/mol. The van der Waals surface area contributed by atoms with Gasteiger partial charge in [-0.3, -0.25) is 0 Å². The standard InChI is InChI=1S/C22H44O/c1-3-5-6-7-8-9-10-11-12-13-14-15-16-17-18-19-20-21-22-23-4-2/h4H,2-3,5-22H2,1H3. The van der Waals surface area contributed by atoms with Crippen LogP contribution < -0.4 is 0 Å². The van der Waals surface area contributed by atoms with E-state index in [1.165, 1.54) is 116 Å². The van der Waals surface area contributed by atoms with Gasteiger partial charge in [-0.15, -0.1) is 0 Å². The van der Waals surface area contributed by atoms with E-state index in [-0.39, 0.29) is 0 Å². The van der Waals surface area contributed by atoms with Gasteiger partial charge >= 0.3 is 0 Å². The second kappa shape index (κ2) is 21.5. The maximum absolute atomic E-state index is 5.13.